The van der Waals surface area contributed by atoms with Crippen molar-refractivity contribution in [1.29, 1.82) is 0 Å². The number of allylic oxidation sites excluding steroid dienone is 2. The molecule has 5 saturated carbocycles. The summed E-state index contributed by atoms with van der Waals surface area (Å²) in [5.41, 5.74) is 2.64. The molecule has 6 nitrogen and oxygen atoms in total. The Morgan fingerprint density at radius 3 is 2.10 bits per heavy atom. The van der Waals surface area contributed by atoms with E-state index >= 15 is 0 Å². The lowest BCUT2D eigenvalue weighted by Gasteiger charge is -2.72. The van der Waals surface area contributed by atoms with Crippen LogP contribution in [0.1, 0.15) is 132 Å². The van der Waals surface area contributed by atoms with Gasteiger partial charge in [0.1, 0.15) is 6.10 Å². The van der Waals surface area contributed by atoms with Gasteiger partial charge < -0.3 is 4.74 Å². The number of fused-ring (bicyclic) bond motifs is 7. The van der Waals surface area contributed by atoms with E-state index in [-0.39, 0.29) is 80.5 Å². The fourth-order valence-corrected chi connectivity index (χ4v) is 14.2. The summed E-state index contributed by atoms with van der Waals surface area (Å²) < 4.78 is 6.61. The van der Waals surface area contributed by atoms with Crippen LogP contribution in [0.2, 0.25) is 0 Å². The first kappa shape index (κ1) is 39.1. The van der Waals surface area contributed by atoms with E-state index in [1.54, 1.807) is 0 Å². The third kappa shape index (κ3) is 5.58. The molecular formula is C45H61ClO6. The first-order chi connectivity index (χ1) is 24.3. The van der Waals surface area contributed by atoms with Crippen LogP contribution in [0, 0.1) is 68.0 Å². The molecule has 284 valence electrons. The molecular weight excluding hydrogens is 672 g/mol. The van der Waals surface area contributed by atoms with Gasteiger partial charge in [-0.15, -0.1) is 0 Å². The lowest BCUT2D eigenvalue weighted by atomic mass is 9.33. The van der Waals surface area contributed by atoms with Crippen LogP contribution in [0.15, 0.2) is 41.5 Å². The molecule has 0 aliphatic heterocycles. The Balaban J connectivity index is 0.00000150. The zero-order chi connectivity index (χ0) is 38.2. The molecule has 1 aromatic rings. The number of benzene rings is 1. The number of esters is 1. The van der Waals surface area contributed by atoms with Gasteiger partial charge in [0, 0.05) is 11.8 Å². The minimum atomic E-state index is -0.798. The molecule has 6 aliphatic rings. The predicted octanol–water partition coefficient (Wildman–Crippen LogP) is 9.97. The van der Waals surface area contributed by atoms with Gasteiger partial charge in [-0.3, -0.25) is 14.4 Å². The smallest absolute Gasteiger partial charge is 0.373 e. The number of ether oxygens (including phenoxy) is 1. The van der Waals surface area contributed by atoms with Crippen molar-refractivity contribution in [2.45, 2.75) is 139 Å². The van der Waals surface area contributed by atoms with Crippen LogP contribution in [0.4, 0.5) is 0 Å². The lowest BCUT2D eigenvalue weighted by molar-refractivity contribution is -0.236. The summed E-state index contributed by atoms with van der Waals surface area (Å²) in [6.45, 7) is 21.2. The van der Waals surface area contributed by atoms with E-state index in [0.29, 0.717) is 24.2 Å². The van der Waals surface area contributed by atoms with Crippen molar-refractivity contribution in [3.63, 3.8) is 0 Å². The van der Waals surface area contributed by atoms with Crippen LogP contribution >= 0.6 is 11.6 Å². The number of carbonyl (C=O) groups excluding carboxylic acids is 5. The van der Waals surface area contributed by atoms with Crippen molar-refractivity contribution in [1.82, 2.24) is 0 Å². The standard InChI is InChI=1S/C44H61ClO4.CO2/c1-26(2)35-31(46)25-44(38(45)48)22-21-42(8)29(36(35)44)15-16-33-41(7)19-18-34(40(5,6)32(41)17-20-43(33,42)9)49-37(47)30-24-28(39(30,3)4)23-27-13-11-10-12-14-27;2-1-3/h10-14,26,28-30,32-34H,15-25H2,1-9H3;/t28-,29-,30-,32+,33-,34+,41+,42-,43-,44-;/m1./s1. The first-order valence-electron chi connectivity index (χ1n) is 20.0. The maximum Gasteiger partial charge on any atom is 0.373 e. The second-order valence-corrected chi connectivity index (χ2v) is 20.3. The average Bonchev–Trinajstić information content (AvgIpc) is 3.39. The SMILES string of the molecule is CC(C)C1=C2[C@H]3CC[C@@H]4[C@@]5(C)CC[C@H](OC(=O)[C@H]6C[C@@H](Cc7ccccc7)C6(C)C)C(C)(C)[C@@H]5CC[C@@]4(C)[C@]3(C)CC[C@@]2(C(=O)Cl)CC1=O.O=C=O. The highest BCUT2D eigenvalue weighted by Gasteiger charge is 2.71. The molecule has 52 heavy (non-hydrogen) atoms. The monoisotopic (exact) mass is 732 g/mol. The molecule has 0 bridgehead atoms. The van der Waals surface area contributed by atoms with Gasteiger partial charge >= 0.3 is 12.1 Å². The number of rotatable bonds is 6. The van der Waals surface area contributed by atoms with E-state index < -0.39 is 5.41 Å². The molecule has 6 aliphatic carbocycles. The maximum atomic E-state index is 13.9. The molecule has 0 saturated heterocycles. The summed E-state index contributed by atoms with van der Waals surface area (Å²) >= 11 is 6.45. The summed E-state index contributed by atoms with van der Waals surface area (Å²) in [7, 11) is 0. The topological polar surface area (TPSA) is 94.6 Å². The Morgan fingerprint density at radius 2 is 1.50 bits per heavy atom. The molecule has 7 heteroatoms. The van der Waals surface area contributed by atoms with Gasteiger partial charge in [0.15, 0.2) is 5.78 Å². The number of halogens is 1. The molecule has 1 aromatic carbocycles. The molecule has 0 N–H and O–H groups in total. The second-order valence-electron chi connectivity index (χ2n) is 19.9. The molecule has 0 amide bonds. The van der Waals surface area contributed by atoms with Gasteiger partial charge in [-0.25, -0.2) is 0 Å². The minimum Gasteiger partial charge on any atom is -0.462 e. The zero-order valence-electron chi connectivity index (χ0n) is 33.0. The molecule has 7 rings (SSSR count). The highest BCUT2D eigenvalue weighted by Crippen LogP contribution is 2.77. The largest absolute Gasteiger partial charge is 0.462 e. The second kappa shape index (κ2) is 13.3. The highest BCUT2D eigenvalue weighted by molar-refractivity contribution is 6.65. The Hall–Kier alpha value is -2.56. The van der Waals surface area contributed by atoms with Crippen LogP contribution in [-0.2, 0) is 35.1 Å². The molecule has 0 aromatic heterocycles. The van der Waals surface area contributed by atoms with Crippen molar-refractivity contribution in [3.05, 3.63) is 47.0 Å². The van der Waals surface area contributed by atoms with Crippen LogP contribution in [-0.4, -0.2) is 29.3 Å². The fraction of sp³-hybridized carbons (Fsp3) is 0.733. The zero-order valence-corrected chi connectivity index (χ0v) is 33.8. The summed E-state index contributed by atoms with van der Waals surface area (Å²) in [5.74, 6) is 1.94. The highest BCUT2D eigenvalue weighted by atomic mass is 35.5. The van der Waals surface area contributed by atoms with E-state index in [9.17, 15) is 14.4 Å². The summed E-state index contributed by atoms with van der Waals surface area (Å²) in [4.78, 5) is 56.9. The minimum absolute atomic E-state index is 0.000612. The summed E-state index contributed by atoms with van der Waals surface area (Å²) in [6.07, 6.45) is 10.4. The van der Waals surface area contributed by atoms with Gasteiger partial charge in [-0.1, -0.05) is 92.6 Å². The molecule has 5 fully saturated rings. The molecule has 0 radical (unpaired) electrons. The Bertz CT molecular complexity index is 1670. The van der Waals surface area contributed by atoms with Crippen molar-refractivity contribution >= 4 is 34.7 Å². The van der Waals surface area contributed by atoms with Gasteiger partial charge in [0.25, 0.3) is 0 Å². The van der Waals surface area contributed by atoms with E-state index in [4.69, 9.17) is 25.9 Å². The van der Waals surface area contributed by atoms with Crippen molar-refractivity contribution in [2.75, 3.05) is 0 Å². The molecule has 0 heterocycles. The number of ketones is 1. The quantitative estimate of drug-likeness (QED) is 0.214. The van der Waals surface area contributed by atoms with Crippen molar-refractivity contribution in [3.8, 4) is 0 Å². The van der Waals surface area contributed by atoms with Gasteiger partial charge in [-0.2, -0.15) is 9.59 Å². The molecule has 0 unspecified atom stereocenters. The van der Waals surface area contributed by atoms with E-state index in [0.717, 1.165) is 68.9 Å². The number of hydrogen-bond donors (Lipinski definition) is 0. The number of Topliss-reactive ketones (excluding diaryl/α,β-unsaturated/α-hetero) is 1. The number of hydrogen-bond acceptors (Lipinski definition) is 6. The normalized spacial score (nSPS) is 41.2. The third-order valence-corrected chi connectivity index (χ3v) is 17.4. The average molecular weight is 733 g/mol. The van der Waals surface area contributed by atoms with Crippen LogP contribution in [0.25, 0.3) is 0 Å². The molecule has 0 spiro atoms. The van der Waals surface area contributed by atoms with Gasteiger partial charge in [0.05, 0.1) is 11.3 Å². The Labute approximate surface area is 316 Å². The Morgan fingerprint density at radius 1 is 0.846 bits per heavy atom. The van der Waals surface area contributed by atoms with E-state index in [1.165, 1.54) is 5.56 Å². The van der Waals surface area contributed by atoms with Crippen molar-refractivity contribution in [2.24, 2.45) is 68.0 Å². The molecule has 10 atom stereocenters. The van der Waals surface area contributed by atoms with Gasteiger partial charge in [0.2, 0.25) is 5.24 Å². The maximum absolute atomic E-state index is 13.9. The summed E-state index contributed by atoms with van der Waals surface area (Å²) in [5, 5.41) is -0.317. The van der Waals surface area contributed by atoms with E-state index in [1.807, 2.05) is 0 Å². The van der Waals surface area contributed by atoms with Crippen LogP contribution in [0.3, 0.4) is 0 Å². The van der Waals surface area contributed by atoms with Gasteiger partial charge in [-0.05, 0) is 144 Å². The predicted molar refractivity (Wildman–Crippen MR) is 201 cm³/mol. The lowest BCUT2D eigenvalue weighted by Crippen LogP contribution is -2.66. The fourth-order valence-electron chi connectivity index (χ4n) is 13.9. The Kier molecular flexibility index (Phi) is 10.0. The number of carbonyl (C=O) groups is 3. The van der Waals surface area contributed by atoms with Crippen molar-refractivity contribution < 1.29 is 28.7 Å². The summed E-state index contributed by atoms with van der Waals surface area (Å²) in [6, 6.07) is 10.7. The third-order valence-electron chi connectivity index (χ3n) is 17.1. The van der Waals surface area contributed by atoms with Crippen LogP contribution in [0.5, 0.6) is 0 Å². The van der Waals surface area contributed by atoms with Crippen LogP contribution < -0.4 is 0 Å². The first-order valence-corrected chi connectivity index (χ1v) is 20.4. The van der Waals surface area contributed by atoms with E-state index in [2.05, 4.69) is 92.6 Å².